The van der Waals surface area contributed by atoms with Crippen LogP contribution in [0, 0.1) is 0 Å². The van der Waals surface area contributed by atoms with Gasteiger partial charge in [0, 0.05) is 24.7 Å². The molecule has 0 unspecified atom stereocenters. The monoisotopic (exact) mass is 298 g/mol. The number of halogens is 4. The Bertz CT molecular complexity index is 611. The van der Waals surface area contributed by atoms with Gasteiger partial charge < -0.3 is 4.74 Å². The van der Waals surface area contributed by atoms with Crippen molar-refractivity contribution >= 4 is 9.84 Å². The van der Waals surface area contributed by atoms with E-state index in [0.29, 0.717) is 0 Å². The van der Waals surface area contributed by atoms with Gasteiger partial charge in [-0.2, -0.15) is 8.78 Å². The van der Waals surface area contributed by atoms with E-state index in [9.17, 15) is 26.0 Å². The van der Waals surface area contributed by atoms with Crippen molar-refractivity contribution in [2.24, 2.45) is 0 Å². The quantitative estimate of drug-likeness (QED) is 0.805. The molecule has 2 rings (SSSR count). The number of ether oxygens (including phenoxy) is 1. The third kappa shape index (κ3) is 2.83. The topological polar surface area (TPSA) is 43.4 Å². The largest absolute Gasteiger partial charge is 0.435 e. The third-order valence-electron chi connectivity index (χ3n) is 2.83. The van der Waals surface area contributed by atoms with Crippen LogP contribution in [-0.2, 0) is 22.7 Å². The van der Waals surface area contributed by atoms with E-state index < -0.39 is 41.0 Å². The zero-order chi connectivity index (χ0) is 14.4. The lowest BCUT2D eigenvalue weighted by molar-refractivity contribution is -0.0512. The van der Waals surface area contributed by atoms with Crippen LogP contribution in [-0.4, -0.2) is 27.2 Å². The van der Waals surface area contributed by atoms with Gasteiger partial charge in [0.05, 0.1) is 4.90 Å². The minimum Gasteiger partial charge on any atom is -0.435 e. The maximum Gasteiger partial charge on any atom is 0.387 e. The van der Waals surface area contributed by atoms with Gasteiger partial charge in [-0.1, -0.05) is 0 Å². The molecular weight excluding hydrogens is 288 g/mol. The van der Waals surface area contributed by atoms with Gasteiger partial charge in [-0.3, -0.25) is 0 Å². The minimum atomic E-state index is -3.70. The summed E-state index contributed by atoms with van der Waals surface area (Å²) in [5.74, 6) is -3.54. The molecule has 1 aliphatic rings. The highest BCUT2D eigenvalue weighted by Crippen LogP contribution is 2.42. The lowest BCUT2D eigenvalue weighted by Crippen LogP contribution is -2.15. The Hall–Kier alpha value is -1.31. The number of hydrogen-bond acceptors (Lipinski definition) is 3. The molecule has 0 bridgehead atoms. The maximum absolute atomic E-state index is 13.4. The molecule has 0 radical (unpaired) electrons. The fraction of sp³-hybridized carbons (Fsp3) is 0.455. The van der Waals surface area contributed by atoms with Crippen LogP contribution in [0.3, 0.4) is 0 Å². The summed E-state index contributed by atoms with van der Waals surface area (Å²) in [4.78, 5) is -0.263. The fourth-order valence-corrected chi connectivity index (χ4v) is 3.13. The van der Waals surface area contributed by atoms with Crippen molar-refractivity contribution in [2.45, 2.75) is 30.3 Å². The second-order valence-corrected chi connectivity index (χ2v) is 6.36. The van der Waals surface area contributed by atoms with Gasteiger partial charge in [-0.05, 0) is 17.7 Å². The summed E-state index contributed by atoms with van der Waals surface area (Å²) in [6.45, 7) is -3.15. The molecule has 1 aliphatic carbocycles. The highest BCUT2D eigenvalue weighted by atomic mass is 32.2. The summed E-state index contributed by atoms with van der Waals surface area (Å²) < 4.78 is 78.3. The van der Waals surface area contributed by atoms with E-state index in [1.807, 2.05) is 0 Å². The minimum absolute atomic E-state index is 0.134. The predicted octanol–water partition coefficient (Wildman–Crippen LogP) is 2.43. The Kier molecular flexibility index (Phi) is 3.24. The van der Waals surface area contributed by atoms with Crippen molar-refractivity contribution in [3.05, 3.63) is 23.3 Å². The molecule has 19 heavy (non-hydrogen) atoms. The number of alkyl halides is 4. The van der Waals surface area contributed by atoms with Gasteiger partial charge in [0.2, 0.25) is 0 Å². The summed E-state index contributed by atoms with van der Waals surface area (Å²) in [6, 6.07) is 2.01. The first-order valence-corrected chi connectivity index (χ1v) is 7.17. The van der Waals surface area contributed by atoms with Crippen molar-refractivity contribution in [2.75, 3.05) is 6.26 Å². The molecule has 8 heteroatoms. The first kappa shape index (κ1) is 14.1. The second-order valence-electron chi connectivity index (χ2n) is 4.38. The molecule has 0 atom stereocenters. The molecule has 0 N–H and O–H groups in total. The average molecular weight is 298 g/mol. The smallest absolute Gasteiger partial charge is 0.387 e. The van der Waals surface area contributed by atoms with Crippen molar-refractivity contribution in [3.63, 3.8) is 0 Å². The maximum atomic E-state index is 13.4. The summed E-state index contributed by atoms with van der Waals surface area (Å²) >= 11 is 0. The third-order valence-corrected chi connectivity index (χ3v) is 4.01. The summed E-state index contributed by atoms with van der Waals surface area (Å²) in [7, 11) is -3.70. The van der Waals surface area contributed by atoms with Crippen molar-refractivity contribution in [3.8, 4) is 5.75 Å². The Morgan fingerprint density at radius 2 is 1.79 bits per heavy atom. The van der Waals surface area contributed by atoms with E-state index >= 15 is 0 Å². The molecular formula is C11H10F4O3S. The van der Waals surface area contributed by atoms with E-state index in [-0.39, 0.29) is 16.0 Å². The molecule has 0 spiro atoms. The molecule has 1 aromatic rings. The van der Waals surface area contributed by atoms with E-state index in [4.69, 9.17) is 0 Å². The Morgan fingerprint density at radius 3 is 2.32 bits per heavy atom. The van der Waals surface area contributed by atoms with Crippen LogP contribution in [0.15, 0.2) is 17.0 Å². The van der Waals surface area contributed by atoms with Gasteiger partial charge in [-0.25, -0.2) is 17.2 Å². The van der Waals surface area contributed by atoms with Crippen LogP contribution in [0.2, 0.25) is 0 Å². The van der Waals surface area contributed by atoms with E-state index in [1.165, 1.54) is 0 Å². The van der Waals surface area contributed by atoms with Gasteiger partial charge in [0.25, 0.3) is 5.92 Å². The van der Waals surface area contributed by atoms with Crippen LogP contribution in [0.4, 0.5) is 17.6 Å². The Morgan fingerprint density at radius 1 is 1.21 bits per heavy atom. The predicted molar refractivity (Wildman–Crippen MR) is 58.5 cm³/mol. The molecule has 1 aromatic carbocycles. The average Bonchev–Trinajstić information content (AvgIpc) is 2.50. The van der Waals surface area contributed by atoms with Crippen molar-refractivity contribution < 1.29 is 30.7 Å². The van der Waals surface area contributed by atoms with Gasteiger partial charge >= 0.3 is 6.61 Å². The van der Waals surface area contributed by atoms with E-state index in [1.54, 1.807) is 0 Å². The SMILES string of the molecule is CS(=O)(=O)c1ccc(OC(F)F)c2c1CC(F)(F)C2. The molecule has 0 fully saturated rings. The first-order chi connectivity index (χ1) is 8.60. The molecule has 0 aliphatic heterocycles. The number of fused-ring (bicyclic) bond motifs is 1. The number of sulfone groups is 1. The Labute approximate surface area is 107 Å². The molecule has 0 saturated carbocycles. The van der Waals surface area contributed by atoms with Crippen LogP contribution < -0.4 is 4.74 Å². The van der Waals surface area contributed by atoms with Gasteiger partial charge in [0.15, 0.2) is 9.84 Å². The van der Waals surface area contributed by atoms with Crippen molar-refractivity contribution in [1.82, 2.24) is 0 Å². The highest BCUT2D eigenvalue weighted by molar-refractivity contribution is 7.90. The molecule has 106 valence electrons. The fourth-order valence-electron chi connectivity index (χ4n) is 2.17. The van der Waals surface area contributed by atoms with Crippen LogP contribution in [0.25, 0.3) is 0 Å². The molecule has 0 saturated heterocycles. The highest BCUT2D eigenvalue weighted by Gasteiger charge is 2.42. The number of hydrogen-bond donors (Lipinski definition) is 0. The van der Waals surface area contributed by atoms with Gasteiger partial charge in [0.1, 0.15) is 5.75 Å². The van der Waals surface area contributed by atoms with Crippen LogP contribution in [0.1, 0.15) is 11.1 Å². The second kappa shape index (κ2) is 4.36. The van der Waals surface area contributed by atoms with E-state index in [2.05, 4.69) is 4.74 Å². The summed E-state index contributed by atoms with van der Waals surface area (Å²) in [6.07, 6.45) is -0.703. The normalized spacial score (nSPS) is 17.6. The molecule has 3 nitrogen and oxygen atoms in total. The molecule has 0 amide bonds. The molecule has 0 heterocycles. The first-order valence-electron chi connectivity index (χ1n) is 5.27. The summed E-state index contributed by atoms with van der Waals surface area (Å²) in [5.41, 5.74) is -0.293. The number of benzene rings is 1. The lowest BCUT2D eigenvalue weighted by atomic mass is 10.1. The zero-order valence-corrected chi connectivity index (χ0v) is 10.6. The van der Waals surface area contributed by atoms with Crippen LogP contribution >= 0.6 is 0 Å². The van der Waals surface area contributed by atoms with Crippen molar-refractivity contribution in [1.29, 1.82) is 0 Å². The number of rotatable bonds is 3. The van der Waals surface area contributed by atoms with Crippen LogP contribution in [0.5, 0.6) is 5.75 Å². The Balaban J connectivity index is 2.59. The molecule has 0 aromatic heterocycles. The summed E-state index contributed by atoms with van der Waals surface area (Å²) in [5, 5.41) is 0. The zero-order valence-electron chi connectivity index (χ0n) is 9.79. The van der Waals surface area contributed by atoms with E-state index in [0.717, 1.165) is 18.4 Å². The standard InChI is InChI=1S/C11H10F4O3S/c1-19(16,17)9-3-2-8(18-10(12)13)6-4-11(14,15)5-7(6)9/h2-3,10H,4-5H2,1H3. The lowest BCUT2D eigenvalue weighted by Gasteiger charge is -2.12. The van der Waals surface area contributed by atoms with Gasteiger partial charge in [-0.15, -0.1) is 0 Å².